The van der Waals surface area contributed by atoms with Gasteiger partial charge in [-0.05, 0) is 0 Å². The summed E-state index contributed by atoms with van der Waals surface area (Å²) in [4.78, 5) is 13.2. The molecule has 0 spiro atoms. The van der Waals surface area contributed by atoms with Gasteiger partial charge in [-0.15, -0.1) is 0 Å². The number of halogens is 1. The van der Waals surface area contributed by atoms with Crippen LogP contribution in [0.25, 0.3) is 0 Å². The van der Waals surface area contributed by atoms with E-state index in [-0.39, 0.29) is 18.2 Å². The van der Waals surface area contributed by atoms with Crippen molar-refractivity contribution >= 4 is 5.69 Å². The summed E-state index contributed by atoms with van der Waals surface area (Å²) in [7, 11) is 0. The summed E-state index contributed by atoms with van der Waals surface area (Å²) < 4.78 is 16.4. The maximum Gasteiger partial charge on any atom is 0.287 e. The van der Waals surface area contributed by atoms with Crippen molar-refractivity contribution in [1.29, 1.82) is 0 Å². The fraction of sp³-hybridized carbons (Fsp3) is 0.286. The molecule has 0 bridgehead atoms. The summed E-state index contributed by atoms with van der Waals surface area (Å²) in [6.07, 6.45) is 1.06. The van der Waals surface area contributed by atoms with E-state index in [2.05, 4.69) is 4.98 Å². The third-order valence-corrected chi connectivity index (χ3v) is 1.26. The zero-order chi connectivity index (χ0) is 9.68. The Morgan fingerprint density at radius 3 is 2.85 bits per heavy atom. The summed E-state index contributed by atoms with van der Waals surface area (Å²) in [6, 6.07) is 2.58. The third-order valence-electron chi connectivity index (χ3n) is 1.26. The van der Waals surface area contributed by atoms with Crippen molar-refractivity contribution in [1.82, 2.24) is 4.98 Å². The van der Waals surface area contributed by atoms with E-state index in [1.165, 1.54) is 12.1 Å². The highest BCUT2D eigenvalue weighted by Crippen LogP contribution is 2.12. The molecule has 1 aromatic rings. The van der Waals surface area contributed by atoms with Crippen LogP contribution in [0.3, 0.4) is 0 Å². The molecule has 70 valence electrons. The second-order valence-corrected chi connectivity index (χ2v) is 2.15. The smallest absolute Gasteiger partial charge is 0.287 e. The molecule has 1 aromatic heterocycles. The summed E-state index contributed by atoms with van der Waals surface area (Å²) in [5.74, 6) is 0.184. The molecule has 13 heavy (non-hydrogen) atoms. The first-order valence-electron chi connectivity index (χ1n) is 3.53. The lowest BCUT2D eigenvalue weighted by Gasteiger charge is -2.00. The molecule has 0 saturated carbocycles. The number of aromatic nitrogens is 1. The van der Waals surface area contributed by atoms with Crippen molar-refractivity contribution in [3.05, 3.63) is 28.4 Å². The van der Waals surface area contributed by atoms with Crippen LogP contribution in [0.15, 0.2) is 18.3 Å². The molecule has 0 aliphatic rings. The van der Waals surface area contributed by atoms with Crippen LogP contribution in [-0.4, -0.2) is 23.2 Å². The van der Waals surface area contributed by atoms with Crippen LogP contribution in [0.5, 0.6) is 5.88 Å². The van der Waals surface area contributed by atoms with Crippen molar-refractivity contribution in [3.8, 4) is 5.88 Å². The normalized spacial score (nSPS) is 9.62. The van der Waals surface area contributed by atoms with E-state index in [1.54, 1.807) is 0 Å². The van der Waals surface area contributed by atoms with Gasteiger partial charge in [-0.1, -0.05) is 0 Å². The molecule has 1 heterocycles. The predicted octanol–water partition coefficient (Wildman–Crippen LogP) is 1.34. The Labute approximate surface area is 73.3 Å². The Morgan fingerprint density at radius 1 is 1.62 bits per heavy atom. The Hall–Kier alpha value is -1.72. The maximum atomic E-state index is 11.6. The van der Waals surface area contributed by atoms with Gasteiger partial charge >= 0.3 is 0 Å². The predicted molar refractivity (Wildman–Crippen MR) is 42.4 cm³/mol. The molecule has 0 aromatic carbocycles. The van der Waals surface area contributed by atoms with Gasteiger partial charge in [0.25, 0.3) is 5.69 Å². The number of hydrogen-bond acceptors (Lipinski definition) is 4. The third kappa shape index (κ3) is 2.66. The number of rotatable bonds is 4. The highest BCUT2D eigenvalue weighted by molar-refractivity contribution is 5.28. The average Bonchev–Trinajstić information content (AvgIpc) is 2.15. The van der Waals surface area contributed by atoms with Crippen LogP contribution in [0.4, 0.5) is 10.1 Å². The molecule has 5 nitrogen and oxygen atoms in total. The van der Waals surface area contributed by atoms with Crippen molar-refractivity contribution in [3.63, 3.8) is 0 Å². The van der Waals surface area contributed by atoms with Gasteiger partial charge in [0.15, 0.2) is 0 Å². The average molecular weight is 186 g/mol. The monoisotopic (exact) mass is 186 g/mol. The van der Waals surface area contributed by atoms with Gasteiger partial charge in [0.05, 0.1) is 4.92 Å². The molecule has 0 radical (unpaired) electrons. The first kappa shape index (κ1) is 9.37. The molecule has 0 atom stereocenters. The molecule has 0 aliphatic heterocycles. The summed E-state index contributed by atoms with van der Waals surface area (Å²) in [5, 5.41) is 10.2. The minimum absolute atomic E-state index is 0.0924. The Bertz CT molecular complexity index is 288. The van der Waals surface area contributed by atoms with Crippen LogP contribution >= 0.6 is 0 Å². The SMILES string of the molecule is O=[N+]([O-])c1ccc(OCCF)nc1. The van der Waals surface area contributed by atoms with Gasteiger partial charge < -0.3 is 4.74 Å². The zero-order valence-electron chi connectivity index (χ0n) is 6.64. The number of ether oxygens (including phenoxy) is 1. The Kier molecular flexibility index (Phi) is 3.13. The number of alkyl halides is 1. The van der Waals surface area contributed by atoms with Crippen molar-refractivity contribution in [2.75, 3.05) is 13.3 Å². The van der Waals surface area contributed by atoms with Crippen molar-refractivity contribution in [2.24, 2.45) is 0 Å². The van der Waals surface area contributed by atoms with Crippen LogP contribution in [-0.2, 0) is 0 Å². The van der Waals surface area contributed by atoms with E-state index in [0.29, 0.717) is 0 Å². The maximum absolute atomic E-state index is 11.6. The van der Waals surface area contributed by atoms with Gasteiger partial charge in [-0.2, -0.15) is 0 Å². The topological polar surface area (TPSA) is 65.3 Å². The molecular formula is C7H7FN2O3. The van der Waals surface area contributed by atoms with Gasteiger partial charge in [0, 0.05) is 12.1 Å². The van der Waals surface area contributed by atoms with Gasteiger partial charge in [-0.25, -0.2) is 9.37 Å². The number of nitro groups is 1. The van der Waals surface area contributed by atoms with Gasteiger partial charge in [0.1, 0.15) is 19.5 Å². The molecule has 0 amide bonds. The Morgan fingerprint density at radius 2 is 2.38 bits per heavy atom. The van der Waals surface area contributed by atoms with Gasteiger partial charge in [-0.3, -0.25) is 10.1 Å². The molecular weight excluding hydrogens is 179 g/mol. The lowest BCUT2D eigenvalue weighted by atomic mass is 10.4. The second kappa shape index (κ2) is 4.34. The highest BCUT2D eigenvalue weighted by Gasteiger charge is 2.04. The summed E-state index contributed by atoms with van der Waals surface area (Å²) >= 11 is 0. The first-order valence-corrected chi connectivity index (χ1v) is 3.53. The van der Waals surface area contributed by atoms with Gasteiger partial charge in [0.2, 0.25) is 5.88 Å². The molecule has 6 heteroatoms. The van der Waals surface area contributed by atoms with Crippen LogP contribution in [0.2, 0.25) is 0 Å². The number of hydrogen-bond donors (Lipinski definition) is 0. The highest BCUT2D eigenvalue weighted by atomic mass is 19.1. The fourth-order valence-corrected chi connectivity index (χ4v) is 0.709. The fourth-order valence-electron chi connectivity index (χ4n) is 0.709. The lowest BCUT2D eigenvalue weighted by Crippen LogP contribution is -2.00. The summed E-state index contributed by atoms with van der Waals surface area (Å²) in [6.45, 7) is -0.705. The van der Waals surface area contributed by atoms with E-state index in [0.717, 1.165) is 6.20 Å². The summed E-state index contributed by atoms with van der Waals surface area (Å²) in [5.41, 5.74) is -0.118. The molecule has 0 N–H and O–H groups in total. The number of pyridine rings is 1. The number of nitrogens with zero attached hydrogens (tertiary/aromatic N) is 2. The molecule has 0 fully saturated rings. The molecule has 0 aliphatic carbocycles. The van der Waals surface area contributed by atoms with Crippen LogP contribution in [0, 0.1) is 10.1 Å². The van der Waals surface area contributed by atoms with Crippen molar-refractivity contribution in [2.45, 2.75) is 0 Å². The minimum Gasteiger partial charge on any atom is -0.475 e. The van der Waals surface area contributed by atoms with Crippen LogP contribution < -0.4 is 4.74 Å². The lowest BCUT2D eigenvalue weighted by molar-refractivity contribution is -0.385. The van der Waals surface area contributed by atoms with E-state index in [4.69, 9.17) is 4.74 Å². The second-order valence-electron chi connectivity index (χ2n) is 2.15. The minimum atomic E-state index is -0.612. The quantitative estimate of drug-likeness (QED) is 0.525. The molecule has 0 unspecified atom stereocenters. The zero-order valence-corrected chi connectivity index (χ0v) is 6.64. The van der Waals surface area contributed by atoms with E-state index in [1.807, 2.05) is 0 Å². The van der Waals surface area contributed by atoms with Crippen LogP contribution in [0.1, 0.15) is 0 Å². The molecule has 0 saturated heterocycles. The largest absolute Gasteiger partial charge is 0.475 e. The van der Waals surface area contributed by atoms with Crippen molar-refractivity contribution < 1.29 is 14.1 Å². The van der Waals surface area contributed by atoms with E-state index in [9.17, 15) is 14.5 Å². The van der Waals surface area contributed by atoms with E-state index >= 15 is 0 Å². The van der Waals surface area contributed by atoms with E-state index < -0.39 is 11.6 Å². The Balaban J connectivity index is 2.64. The standard InChI is InChI=1S/C7H7FN2O3/c8-3-4-13-7-2-1-6(5-9-7)10(11)12/h1-2,5H,3-4H2. The molecule has 1 rings (SSSR count). The first-order chi connectivity index (χ1) is 6.24.